The monoisotopic (exact) mass is 211 g/mol. The molecule has 1 heterocycles. The molecule has 0 spiro atoms. The molecule has 3 nitrogen and oxygen atoms in total. The minimum atomic E-state index is 0. The standard InChI is InChI=1S/C7H13N3.2ClH/c1-2-4-10-5-3-7(6-8)9-10;;/h3,5H,2,4,6,8H2,1H3;2*1H. The fourth-order valence-corrected chi connectivity index (χ4v) is 0.866. The Bertz CT molecular complexity index is 200. The molecule has 0 unspecified atom stereocenters. The third-order valence-electron chi connectivity index (χ3n) is 1.36. The Morgan fingerprint density at radius 3 is 2.58 bits per heavy atom. The molecule has 72 valence electrons. The summed E-state index contributed by atoms with van der Waals surface area (Å²) in [5.41, 5.74) is 6.35. The SMILES string of the molecule is CCCn1ccc(CN)n1.Cl.Cl. The van der Waals surface area contributed by atoms with E-state index in [1.54, 1.807) is 0 Å². The highest BCUT2D eigenvalue weighted by atomic mass is 35.5. The van der Waals surface area contributed by atoms with E-state index in [4.69, 9.17) is 5.73 Å². The van der Waals surface area contributed by atoms with Crippen molar-refractivity contribution in [3.05, 3.63) is 18.0 Å². The molecule has 0 amide bonds. The first-order valence-corrected chi connectivity index (χ1v) is 3.59. The van der Waals surface area contributed by atoms with Gasteiger partial charge in [-0.2, -0.15) is 5.10 Å². The zero-order valence-electron chi connectivity index (χ0n) is 7.06. The normalized spacial score (nSPS) is 8.50. The Morgan fingerprint density at radius 1 is 1.50 bits per heavy atom. The van der Waals surface area contributed by atoms with E-state index in [1.165, 1.54) is 0 Å². The number of aromatic nitrogens is 2. The lowest BCUT2D eigenvalue weighted by molar-refractivity contribution is 0.594. The topological polar surface area (TPSA) is 43.8 Å². The minimum Gasteiger partial charge on any atom is -0.325 e. The molecule has 12 heavy (non-hydrogen) atoms. The number of rotatable bonds is 3. The van der Waals surface area contributed by atoms with Gasteiger partial charge in [0.15, 0.2) is 0 Å². The van der Waals surface area contributed by atoms with Crippen LogP contribution < -0.4 is 5.73 Å². The fourth-order valence-electron chi connectivity index (χ4n) is 0.866. The molecule has 1 rings (SSSR count). The van der Waals surface area contributed by atoms with E-state index in [0.29, 0.717) is 6.54 Å². The number of hydrogen-bond acceptors (Lipinski definition) is 2. The molecule has 5 heteroatoms. The molecule has 0 saturated heterocycles. The molecular formula is C7H15Cl2N3. The second-order valence-electron chi connectivity index (χ2n) is 2.27. The summed E-state index contributed by atoms with van der Waals surface area (Å²) in [6.45, 7) is 3.65. The summed E-state index contributed by atoms with van der Waals surface area (Å²) in [5, 5.41) is 4.21. The highest BCUT2D eigenvalue weighted by Crippen LogP contribution is 1.94. The second kappa shape index (κ2) is 7.40. The van der Waals surface area contributed by atoms with Gasteiger partial charge in [0, 0.05) is 19.3 Å². The highest BCUT2D eigenvalue weighted by molar-refractivity contribution is 5.85. The van der Waals surface area contributed by atoms with Gasteiger partial charge in [-0.25, -0.2) is 0 Å². The van der Waals surface area contributed by atoms with Gasteiger partial charge in [0.2, 0.25) is 0 Å². The number of halogens is 2. The summed E-state index contributed by atoms with van der Waals surface area (Å²) < 4.78 is 1.92. The molecule has 1 aromatic rings. The van der Waals surface area contributed by atoms with Crippen LogP contribution in [0.25, 0.3) is 0 Å². The smallest absolute Gasteiger partial charge is 0.0760 e. The van der Waals surface area contributed by atoms with Gasteiger partial charge in [0.05, 0.1) is 5.69 Å². The first-order valence-electron chi connectivity index (χ1n) is 3.59. The first kappa shape index (κ1) is 14.3. The maximum absolute atomic E-state index is 5.38. The number of hydrogen-bond donors (Lipinski definition) is 1. The lowest BCUT2D eigenvalue weighted by Gasteiger charge is -1.94. The van der Waals surface area contributed by atoms with Crippen molar-refractivity contribution in [3.8, 4) is 0 Å². The zero-order chi connectivity index (χ0) is 7.40. The summed E-state index contributed by atoms with van der Waals surface area (Å²) in [5.74, 6) is 0. The van der Waals surface area contributed by atoms with Crippen LogP contribution in [0, 0.1) is 0 Å². The zero-order valence-corrected chi connectivity index (χ0v) is 8.70. The van der Waals surface area contributed by atoms with E-state index in [9.17, 15) is 0 Å². The Morgan fingerprint density at radius 2 is 2.17 bits per heavy atom. The van der Waals surface area contributed by atoms with Crippen LogP contribution in [0.5, 0.6) is 0 Å². The van der Waals surface area contributed by atoms with Crippen molar-refractivity contribution in [1.29, 1.82) is 0 Å². The van der Waals surface area contributed by atoms with E-state index in [0.717, 1.165) is 18.7 Å². The molecule has 0 bridgehead atoms. The molecule has 0 aromatic carbocycles. The van der Waals surface area contributed by atoms with Crippen molar-refractivity contribution in [2.24, 2.45) is 5.73 Å². The van der Waals surface area contributed by atoms with Crippen LogP contribution in [0.1, 0.15) is 19.0 Å². The lowest BCUT2D eigenvalue weighted by atomic mass is 10.4. The molecule has 0 fully saturated rings. The van der Waals surface area contributed by atoms with Crippen molar-refractivity contribution in [1.82, 2.24) is 9.78 Å². The predicted molar refractivity (Wildman–Crippen MR) is 54.9 cm³/mol. The van der Waals surface area contributed by atoms with Gasteiger partial charge in [-0.3, -0.25) is 4.68 Å². The molecule has 0 aliphatic rings. The van der Waals surface area contributed by atoms with Gasteiger partial charge in [-0.05, 0) is 12.5 Å². The molecule has 0 radical (unpaired) electrons. The first-order chi connectivity index (χ1) is 4.86. The average Bonchev–Trinajstić information content (AvgIpc) is 2.37. The summed E-state index contributed by atoms with van der Waals surface area (Å²) in [7, 11) is 0. The predicted octanol–water partition coefficient (Wildman–Crippen LogP) is 1.60. The van der Waals surface area contributed by atoms with Crippen LogP contribution in [0.3, 0.4) is 0 Å². The maximum atomic E-state index is 5.38. The van der Waals surface area contributed by atoms with Crippen LogP contribution >= 0.6 is 24.8 Å². The summed E-state index contributed by atoms with van der Waals surface area (Å²) >= 11 is 0. The average molecular weight is 212 g/mol. The van der Waals surface area contributed by atoms with Crippen LogP contribution in [0.2, 0.25) is 0 Å². The van der Waals surface area contributed by atoms with Crippen LogP contribution in [-0.4, -0.2) is 9.78 Å². The summed E-state index contributed by atoms with van der Waals surface area (Å²) in [6, 6.07) is 1.95. The molecule has 0 aliphatic heterocycles. The molecule has 0 saturated carbocycles. The van der Waals surface area contributed by atoms with Crippen molar-refractivity contribution in [2.75, 3.05) is 0 Å². The summed E-state index contributed by atoms with van der Waals surface area (Å²) in [6.07, 6.45) is 3.08. The molecule has 2 N–H and O–H groups in total. The van der Waals surface area contributed by atoms with Crippen molar-refractivity contribution in [2.45, 2.75) is 26.4 Å². The largest absolute Gasteiger partial charge is 0.325 e. The highest BCUT2D eigenvalue weighted by Gasteiger charge is 1.93. The third kappa shape index (κ3) is 3.95. The second-order valence-corrected chi connectivity index (χ2v) is 2.27. The third-order valence-corrected chi connectivity index (χ3v) is 1.36. The van der Waals surface area contributed by atoms with E-state index in [-0.39, 0.29) is 24.8 Å². The van der Waals surface area contributed by atoms with Gasteiger partial charge in [0.25, 0.3) is 0 Å². The molecule has 0 aliphatic carbocycles. The van der Waals surface area contributed by atoms with E-state index >= 15 is 0 Å². The van der Waals surface area contributed by atoms with Gasteiger partial charge < -0.3 is 5.73 Å². The molecule has 0 atom stereocenters. The lowest BCUT2D eigenvalue weighted by Crippen LogP contribution is -2.01. The Labute approximate surface area is 85.1 Å². The molecule has 1 aromatic heterocycles. The van der Waals surface area contributed by atoms with E-state index < -0.39 is 0 Å². The van der Waals surface area contributed by atoms with Crippen LogP contribution in [-0.2, 0) is 13.1 Å². The number of nitrogens with zero attached hydrogens (tertiary/aromatic N) is 2. The quantitative estimate of drug-likeness (QED) is 0.826. The van der Waals surface area contributed by atoms with Crippen molar-refractivity contribution < 1.29 is 0 Å². The van der Waals surface area contributed by atoms with Gasteiger partial charge in [0.1, 0.15) is 0 Å². The van der Waals surface area contributed by atoms with E-state index in [2.05, 4.69) is 12.0 Å². The van der Waals surface area contributed by atoms with Gasteiger partial charge in [-0.15, -0.1) is 24.8 Å². The fraction of sp³-hybridized carbons (Fsp3) is 0.571. The molecular weight excluding hydrogens is 197 g/mol. The van der Waals surface area contributed by atoms with Crippen molar-refractivity contribution >= 4 is 24.8 Å². The van der Waals surface area contributed by atoms with Gasteiger partial charge in [-0.1, -0.05) is 6.92 Å². The van der Waals surface area contributed by atoms with E-state index in [1.807, 2.05) is 16.9 Å². The van der Waals surface area contributed by atoms with Crippen molar-refractivity contribution in [3.63, 3.8) is 0 Å². The minimum absolute atomic E-state index is 0. The Kier molecular flexibility index (Phi) is 8.81. The number of aryl methyl sites for hydroxylation is 1. The number of nitrogens with two attached hydrogens (primary N) is 1. The van der Waals surface area contributed by atoms with Crippen LogP contribution in [0.15, 0.2) is 12.3 Å². The van der Waals surface area contributed by atoms with Gasteiger partial charge >= 0.3 is 0 Å². The maximum Gasteiger partial charge on any atom is 0.0760 e. The Balaban J connectivity index is 0. The summed E-state index contributed by atoms with van der Waals surface area (Å²) in [4.78, 5) is 0. The van der Waals surface area contributed by atoms with Crippen LogP contribution in [0.4, 0.5) is 0 Å². The Hall–Kier alpha value is -0.250.